The highest BCUT2D eigenvalue weighted by Gasteiger charge is 2.35. The second-order valence-electron chi connectivity index (χ2n) is 8.74. The van der Waals surface area contributed by atoms with E-state index in [0.29, 0.717) is 32.1 Å². The summed E-state index contributed by atoms with van der Waals surface area (Å²) in [6.45, 7) is 3.43. The van der Waals surface area contributed by atoms with Crippen molar-refractivity contribution in [3.8, 4) is 5.75 Å². The van der Waals surface area contributed by atoms with Crippen LogP contribution >= 0.6 is 0 Å². The number of ether oxygens (including phenoxy) is 2. The molecule has 9 heteroatoms. The third-order valence-electron chi connectivity index (χ3n) is 5.73. The van der Waals surface area contributed by atoms with Crippen LogP contribution in [0.2, 0.25) is 0 Å². The summed E-state index contributed by atoms with van der Waals surface area (Å²) in [7, 11) is -3.47. The van der Waals surface area contributed by atoms with Gasteiger partial charge in [0, 0.05) is 6.04 Å². The lowest BCUT2D eigenvalue weighted by Crippen LogP contribution is -2.32. The molecule has 2 fully saturated rings. The second kappa shape index (κ2) is 12.0. The number of sulfonamides is 1. The molecule has 0 spiro atoms. The summed E-state index contributed by atoms with van der Waals surface area (Å²) in [5.74, 6) is 0.292. The summed E-state index contributed by atoms with van der Waals surface area (Å²) in [5.41, 5.74) is 0.756. The van der Waals surface area contributed by atoms with Crippen molar-refractivity contribution >= 4 is 16.0 Å². The average molecular weight is 471 g/mol. The van der Waals surface area contributed by atoms with E-state index in [-0.39, 0.29) is 36.0 Å². The van der Waals surface area contributed by atoms with E-state index < -0.39 is 15.8 Å². The molecule has 3 rings (SSSR count). The Balaban J connectivity index is 1.44. The van der Waals surface area contributed by atoms with Gasteiger partial charge in [-0.1, -0.05) is 12.5 Å². The maximum absolute atomic E-state index is 14.1. The van der Waals surface area contributed by atoms with Crippen LogP contribution in [0.3, 0.4) is 0 Å². The third kappa shape index (κ3) is 8.67. The molecule has 7 nitrogen and oxygen atoms in total. The Hall–Kier alpha value is -1.71. The van der Waals surface area contributed by atoms with Crippen LogP contribution in [0.1, 0.15) is 63.5 Å². The van der Waals surface area contributed by atoms with E-state index in [1.165, 1.54) is 6.07 Å². The molecule has 2 saturated carbocycles. The molecular formula is C23H35FN2O5S. The van der Waals surface area contributed by atoms with E-state index in [1.807, 2.05) is 0 Å². The summed E-state index contributed by atoms with van der Waals surface area (Å²) >= 11 is 0. The molecule has 1 aromatic rings. The number of hydrogen-bond donors (Lipinski definition) is 2. The Morgan fingerprint density at radius 1 is 1.19 bits per heavy atom. The smallest absolute Gasteiger partial charge is 0.319 e. The summed E-state index contributed by atoms with van der Waals surface area (Å²) in [6.07, 6.45) is 6.19. The summed E-state index contributed by atoms with van der Waals surface area (Å²) in [5, 5.41) is 2.99. The van der Waals surface area contributed by atoms with Crippen LogP contribution in [0.4, 0.5) is 4.39 Å². The number of unbranched alkanes of at least 4 members (excludes halogenated alkanes) is 2. The number of benzene rings is 1. The Morgan fingerprint density at radius 2 is 1.97 bits per heavy atom. The van der Waals surface area contributed by atoms with Gasteiger partial charge >= 0.3 is 5.97 Å². The minimum absolute atomic E-state index is 0.0420. The van der Waals surface area contributed by atoms with E-state index in [9.17, 15) is 17.6 Å². The van der Waals surface area contributed by atoms with Crippen molar-refractivity contribution in [2.24, 2.45) is 11.8 Å². The van der Waals surface area contributed by atoms with Crippen LogP contribution in [0, 0.1) is 17.7 Å². The van der Waals surface area contributed by atoms with Gasteiger partial charge in [0.1, 0.15) is 0 Å². The predicted molar refractivity (Wildman–Crippen MR) is 120 cm³/mol. The number of carbonyl (C=O) groups is 1. The van der Waals surface area contributed by atoms with Gasteiger partial charge in [-0.05, 0) is 81.5 Å². The zero-order valence-electron chi connectivity index (χ0n) is 18.8. The number of halogens is 1. The largest absolute Gasteiger partial charge is 0.490 e. The van der Waals surface area contributed by atoms with E-state index >= 15 is 0 Å². The van der Waals surface area contributed by atoms with Gasteiger partial charge in [0.2, 0.25) is 10.0 Å². The van der Waals surface area contributed by atoms with Gasteiger partial charge in [-0.15, -0.1) is 0 Å². The van der Waals surface area contributed by atoms with Gasteiger partial charge in [0.15, 0.2) is 11.6 Å². The first-order valence-corrected chi connectivity index (χ1v) is 13.3. The normalized spacial score (nSPS) is 17.2. The molecule has 1 atom stereocenters. The minimum Gasteiger partial charge on any atom is -0.490 e. The molecule has 2 aliphatic carbocycles. The lowest BCUT2D eigenvalue weighted by atomic mass is 10.0. The molecule has 0 radical (unpaired) electrons. The fraction of sp³-hybridized carbons (Fsp3) is 0.696. The number of hydrogen-bond acceptors (Lipinski definition) is 6. The maximum atomic E-state index is 14.1. The number of nitrogens with one attached hydrogen (secondary N) is 2. The highest BCUT2D eigenvalue weighted by atomic mass is 32.2. The summed E-state index contributed by atoms with van der Waals surface area (Å²) in [4.78, 5) is 11.3. The van der Waals surface area contributed by atoms with E-state index in [2.05, 4.69) is 10.0 Å². The van der Waals surface area contributed by atoms with E-state index in [0.717, 1.165) is 44.1 Å². The van der Waals surface area contributed by atoms with Crippen molar-refractivity contribution in [2.45, 2.75) is 57.9 Å². The molecule has 0 aromatic heterocycles. The number of carbonyl (C=O) groups excluding carboxylic acids is 1. The van der Waals surface area contributed by atoms with Crippen molar-refractivity contribution in [3.05, 3.63) is 29.6 Å². The summed E-state index contributed by atoms with van der Waals surface area (Å²) < 4.78 is 52.8. The lowest BCUT2D eigenvalue weighted by Gasteiger charge is -2.20. The monoisotopic (exact) mass is 470 g/mol. The fourth-order valence-corrected chi connectivity index (χ4v) is 4.97. The van der Waals surface area contributed by atoms with Gasteiger partial charge in [0.05, 0.1) is 25.5 Å². The SMILES string of the molecule is CCOC(=O)CNCCCCCS(=O)(=O)NC(c1ccc(F)c(OCC2CC2)c1)C1CC1. The molecule has 0 bridgehead atoms. The zero-order valence-corrected chi connectivity index (χ0v) is 19.6. The molecule has 0 heterocycles. The van der Waals surface area contributed by atoms with Crippen LogP contribution in [-0.4, -0.2) is 46.4 Å². The molecule has 0 aliphatic heterocycles. The molecule has 0 saturated heterocycles. The average Bonchev–Trinajstić information content (AvgIpc) is 3.65. The summed E-state index contributed by atoms with van der Waals surface area (Å²) in [6, 6.07) is 4.32. The maximum Gasteiger partial charge on any atom is 0.319 e. The topological polar surface area (TPSA) is 93.7 Å². The van der Waals surface area contributed by atoms with Gasteiger partial charge in [-0.25, -0.2) is 17.5 Å². The van der Waals surface area contributed by atoms with Crippen molar-refractivity contribution in [1.29, 1.82) is 0 Å². The zero-order chi connectivity index (χ0) is 23.0. The van der Waals surface area contributed by atoms with Crippen molar-refractivity contribution in [2.75, 3.05) is 32.1 Å². The molecule has 1 unspecified atom stereocenters. The van der Waals surface area contributed by atoms with Gasteiger partial charge in [-0.2, -0.15) is 0 Å². The molecule has 0 amide bonds. The van der Waals surface area contributed by atoms with E-state index in [1.54, 1.807) is 19.1 Å². The van der Waals surface area contributed by atoms with Gasteiger partial charge < -0.3 is 14.8 Å². The van der Waals surface area contributed by atoms with Crippen LogP contribution in [0.25, 0.3) is 0 Å². The molecule has 2 N–H and O–H groups in total. The Bertz CT molecular complexity index is 856. The second-order valence-corrected chi connectivity index (χ2v) is 10.6. The van der Waals surface area contributed by atoms with Gasteiger partial charge in [0.25, 0.3) is 0 Å². The standard InChI is InChI=1S/C23H35FN2O5S/c1-2-30-22(27)15-25-12-4-3-5-13-32(28,29)26-23(18-8-9-18)19-10-11-20(24)21(14-19)31-16-17-6-7-17/h10-11,14,17-18,23,25-26H,2-9,12-13,15-16H2,1H3. The van der Waals surface area contributed by atoms with Gasteiger partial charge in [-0.3, -0.25) is 4.79 Å². The highest BCUT2D eigenvalue weighted by Crippen LogP contribution is 2.42. The molecule has 2 aliphatic rings. The fourth-order valence-electron chi connectivity index (χ4n) is 3.56. The first-order chi connectivity index (χ1) is 15.4. The van der Waals surface area contributed by atoms with E-state index in [4.69, 9.17) is 9.47 Å². The molecule has 32 heavy (non-hydrogen) atoms. The van der Waals surface area contributed by atoms with Crippen molar-refractivity contribution < 1.29 is 27.1 Å². The lowest BCUT2D eigenvalue weighted by molar-refractivity contribution is -0.141. The first kappa shape index (κ1) is 24.9. The van der Waals surface area contributed by atoms with Crippen molar-refractivity contribution in [1.82, 2.24) is 10.0 Å². The quantitative estimate of drug-likeness (QED) is 0.284. The van der Waals surface area contributed by atoms with Crippen LogP contribution in [0.5, 0.6) is 5.75 Å². The minimum atomic E-state index is -3.47. The number of rotatable bonds is 16. The molecular weight excluding hydrogens is 435 g/mol. The number of esters is 1. The van der Waals surface area contributed by atoms with Crippen LogP contribution in [0.15, 0.2) is 18.2 Å². The highest BCUT2D eigenvalue weighted by molar-refractivity contribution is 7.89. The Morgan fingerprint density at radius 3 is 2.66 bits per heavy atom. The Labute approximate surface area is 190 Å². The third-order valence-corrected chi connectivity index (χ3v) is 7.17. The van der Waals surface area contributed by atoms with Crippen molar-refractivity contribution in [3.63, 3.8) is 0 Å². The first-order valence-electron chi connectivity index (χ1n) is 11.7. The predicted octanol–water partition coefficient (Wildman–Crippen LogP) is 3.31. The molecule has 180 valence electrons. The molecule has 1 aromatic carbocycles. The Kier molecular flexibility index (Phi) is 9.31. The van der Waals surface area contributed by atoms with Crippen LogP contribution in [-0.2, 0) is 19.6 Å². The van der Waals surface area contributed by atoms with Crippen LogP contribution < -0.4 is 14.8 Å².